The number of halogens is 1. The summed E-state index contributed by atoms with van der Waals surface area (Å²) in [6, 6.07) is 4.38. The van der Waals surface area contributed by atoms with Gasteiger partial charge in [-0.25, -0.2) is 8.42 Å². The van der Waals surface area contributed by atoms with Gasteiger partial charge in [-0.15, -0.1) is 0 Å². The van der Waals surface area contributed by atoms with Crippen LogP contribution in [0.2, 0.25) is 5.02 Å². The van der Waals surface area contributed by atoms with Crippen molar-refractivity contribution in [3.8, 4) is 0 Å². The molecule has 0 atom stereocenters. The third-order valence-electron chi connectivity index (χ3n) is 3.42. The minimum Gasteiger partial charge on any atom is -0.392 e. The van der Waals surface area contributed by atoms with Crippen LogP contribution in [0.25, 0.3) is 0 Å². The largest absolute Gasteiger partial charge is 0.392 e. The highest BCUT2D eigenvalue weighted by atomic mass is 35.5. The van der Waals surface area contributed by atoms with Crippen LogP contribution >= 0.6 is 11.6 Å². The van der Waals surface area contributed by atoms with Crippen molar-refractivity contribution in [2.24, 2.45) is 0 Å². The average molecular weight is 332 g/mol. The van der Waals surface area contributed by atoms with E-state index in [1.54, 1.807) is 7.11 Å². The minimum absolute atomic E-state index is 0.152. The molecule has 0 unspecified atom stereocenters. The Hall–Kier alpha value is -0.920. The smallest absolute Gasteiger partial charge is 0.243 e. The fraction of sp³-hybridized carbons (Fsp3) is 0.429. The number of ether oxygens (including phenoxy) is 1. The van der Waals surface area contributed by atoms with Crippen LogP contribution in [-0.4, -0.2) is 44.6 Å². The quantitative estimate of drug-likeness (QED) is 0.835. The van der Waals surface area contributed by atoms with Gasteiger partial charge in [0.25, 0.3) is 0 Å². The maximum Gasteiger partial charge on any atom is 0.243 e. The molecule has 1 heterocycles. The Morgan fingerprint density at radius 3 is 2.76 bits per heavy atom. The lowest BCUT2D eigenvalue weighted by Crippen LogP contribution is -2.35. The summed E-state index contributed by atoms with van der Waals surface area (Å²) >= 11 is 5.89. The first kappa shape index (κ1) is 16.5. The Labute approximate surface area is 129 Å². The van der Waals surface area contributed by atoms with Gasteiger partial charge in [-0.3, -0.25) is 0 Å². The lowest BCUT2D eigenvalue weighted by Gasteiger charge is -2.25. The van der Waals surface area contributed by atoms with E-state index in [9.17, 15) is 13.5 Å². The third-order valence-corrected chi connectivity index (χ3v) is 5.65. The van der Waals surface area contributed by atoms with Gasteiger partial charge in [0.15, 0.2) is 0 Å². The summed E-state index contributed by atoms with van der Waals surface area (Å²) < 4.78 is 31.6. The van der Waals surface area contributed by atoms with Gasteiger partial charge in [-0.1, -0.05) is 17.7 Å². The van der Waals surface area contributed by atoms with Gasteiger partial charge in [0.2, 0.25) is 10.0 Å². The van der Waals surface area contributed by atoms with Crippen LogP contribution in [0, 0.1) is 0 Å². The first-order valence-electron chi connectivity index (χ1n) is 6.55. The zero-order valence-corrected chi connectivity index (χ0v) is 13.3. The van der Waals surface area contributed by atoms with Gasteiger partial charge in [-0.2, -0.15) is 4.31 Å². The second-order valence-electron chi connectivity index (χ2n) is 4.82. The number of sulfonamides is 1. The van der Waals surface area contributed by atoms with E-state index in [1.165, 1.54) is 22.5 Å². The Bertz CT molecular complexity index is 642. The predicted octanol–water partition coefficient (Wildman–Crippen LogP) is 1.80. The number of aliphatic hydroxyl groups is 1. The fourth-order valence-corrected chi connectivity index (χ4v) is 3.82. The first-order chi connectivity index (χ1) is 9.98. The third kappa shape index (κ3) is 3.64. The van der Waals surface area contributed by atoms with Crippen molar-refractivity contribution in [2.45, 2.75) is 17.9 Å². The molecule has 0 bridgehead atoms. The molecule has 1 aliphatic heterocycles. The number of rotatable bonds is 5. The predicted molar refractivity (Wildman–Crippen MR) is 80.7 cm³/mol. The second-order valence-corrected chi connectivity index (χ2v) is 7.16. The van der Waals surface area contributed by atoms with Gasteiger partial charge in [-0.05, 0) is 35.8 Å². The molecule has 0 radical (unpaired) electrons. The van der Waals surface area contributed by atoms with Crippen LogP contribution in [0.15, 0.2) is 34.7 Å². The van der Waals surface area contributed by atoms with Gasteiger partial charge >= 0.3 is 0 Å². The molecule has 0 saturated carbocycles. The van der Waals surface area contributed by atoms with Gasteiger partial charge < -0.3 is 9.84 Å². The SMILES string of the molecule is COCC1=CCN(S(=O)(=O)c2ccc(Cl)c(CO)c2)CC1. The molecule has 0 saturated heterocycles. The topological polar surface area (TPSA) is 66.8 Å². The molecule has 116 valence electrons. The first-order valence-corrected chi connectivity index (χ1v) is 8.37. The molecular formula is C14H18ClNO4S. The molecule has 21 heavy (non-hydrogen) atoms. The van der Waals surface area contributed by atoms with Crippen LogP contribution in [0.1, 0.15) is 12.0 Å². The van der Waals surface area contributed by atoms with Crippen LogP contribution in [-0.2, 0) is 21.4 Å². The maximum absolute atomic E-state index is 12.6. The molecule has 0 aromatic heterocycles. The Balaban J connectivity index is 2.23. The van der Waals surface area contributed by atoms with E-state index < -0.39 is 10.0 Å². The monoisotopic (exact) mass is 331 g/mol. The summed E-state index contributed by atoms with van der Waals surface area (Å²) in [7, 11) is -1.95. The molecule has 1 aromatic carbocycles. The van der Waals surface area contributed by atoms with E-state index in [0.717, 1.165) is 5.57 Å². The van der Waals surface area contributed by atoms with Crippen molar-refractivity contribution in [1.82, 2.24) is 4.31 Å². The van der Waals surface area contributed by atoms with Crippen molar-refractivity contribution in [1.29, 1.82) is 0 Å². The molecule has 1 aliphatic rings. The molecule has 2 rings (SSSR count). The van der Waals surface area contributed by atoms with E-state index >= 15 is 0 Å². The van der Waals surface area contributed by atoms with Gasteiger partial charge in [0.1, 0.15) is 0 Å². The van der Waals surface area contributed by atoms with E-state index in [4.69, 9.17) is 16.3 Å². The van der Waals surface area contributed by atoms with Crippen molar-refractivity contribution >= 4 is 21.6 Å². The minimum atomic E-state index is -3.57. The van der Waals surface area contributed by atoms with Crippen LogP contribution < -0.4 is 0 Å². The molecule has 1 N–H and O–H groups in total. The number of aliphatic hydroxyl groups excluding tert-OH is 1. The van der Waals surface area contributed by atoms with E-state index in [1.807, 2.05) is 6.08 Å². The number of hydrogen-bond donors (Lipinski definition) is 1. The lowest BCUT2D eigenvalue weighted by atomic mass is 10.1. The summed E-state index contributed by atoms with van der Waals surface area (Å²) in [6.07, 6.45) is 2.54. The molecule has 5 nitrogen and oxygen atoms in total. The average Bonchev–Trinajstić information content (AvgIpc) is 2.48. The fourth-order valence-electron chi connectivity index (χ4n) is 2.21. The highest BCUT2D eigenvalue weighted by Gasteiger charge is 2.26. The Morgan fingerprint density at radius 1 is 1.43 bits per heavy atom. The van der Waals surface area contributed by atoms with Crippen LogP contribution in [0.4, 0.5) is 0 Å². The van der Waals surface area contributed by atoms with Gasteiger partial charge in [0, 0.05) is 25.2 Å². The van der Waals surface area contributed by atoms with Crippen molar-refractivity contribution < 1.29 is 18.3 Å². The van der Waals surface area contributed by atoms with E-state index in [0.29, 0.717) is 36.7 Å². The summed E-state index contributed by atoms with van der Waals surface area (Å²) in [5, 5.41) is 9.56. The summed E-state index contributed by atoms with van der Waals surface area (Å²) in [5.74, 6) is 0. The summed E-state index contributed by atoms with van der Waals surface area (Å²) in [5.41, 5.74) is 1.52. The van der Waals surface area contributed by atoms with Crippen LogP contribution in [0.5, 0.6) is 0 Å². The van der Waals surface area contributed by atoms with E-state index in [-0.39, 0.29) is 11.5 Å². The molecule has 0 amide bonds. The zero-order chi connectivity index (χ0) is 15.5. The molecule has 0 aliphatic carbocycles. The lowest BCUT2D eigenvalue weighted by molar-refractivity contribution is 0.219. The molecule has 0 spiro atoms. The maximum atomic E-state index is 12.6. The zero-order valence-electron chi connectivity index (χ0n) is 11.8. The van der Waals surface area contributed by atoms with E-state index in [2.05, 4.69) is 0 Å². The van der Waals surface area contributed by atoms with Crippen molar-refractivity contribution in [3.05, 3.63) is 40.4 Å². The molecular weight excluding hydrogens is 314 g/mol. The number of hydrogen-bond acceptors (Lipinski definition) is 4. The van der Waals surface area contributed by atoms with Crippen molar-refractivity contribution in [2.75, 3.05) is 26.8 Å². The Kier molecular flexibility index (Phi) is 5.40. The summed E-state index contributed by atoms with van der Waals surface area (Å²) in [4.78, 5) is 0.152. The molecule has 7 heteroatoms. The van der Waals surface area contributed by atoms with Crippen LogP contribution in [0.3, 0.4) is 0 Å². The van der Waals surface area contributed by atoms with Crippen molar-refractivity contribution in [3.63, 3.8) is 0 Å². The number of nitrogens with zero attached hydrogens (tertiary/aromatic N) is 1. The second kappa shape index (κ2) is 6.89. The molecule has 0 fully saturated rings. The summed E-state index contributed by atoms with van der Waals surface area (Å²) in [6.45, 7) is 0.996. The normalized spacial score (nSPS) is 16.8. The Morgan fingerprint density at radius 2 is 2.19 bits per heavy atom. The van der Waals surface area contributed by atoms with Gasteiger partial charge in [0.05, 0.1) is 18.1 Å². The number of benzene rings is 1. The highest BCUT2D eigenvalue weighted by Crippen LogP contribution is 2.25. The number of methoxy groups -OCH3 is 1. The molecule has 1 aromatic rings. The highest BCUT2D eigenvalue weighted by molar-refractivity contribution is 7.89. The standard InChI is InChI=1S/C14H18ClNO4S/c1-20-10-11-4-6-16(7-5-11)21(18,19)13-2-3-14(15)12(8-13)9-17/h2-4,8,17H,5-7,9-10H2,1H3.